The average Bonchev–Trinajstić information content (AvgIpc) is 2.97. The minimum absolute atomic E-state index is 0.286. The van der Waals surface area contributed by atoms with Gasteiger partial charge in [0.2, 0.25) is 0 Å². The summed E-state index contributed by atoms with van der Waals surface area (Å²) in [5, 5.41) is 10.6. The SMILES string of the molecule is C=CCNC(=S)Nc1c(C(=O)OCC)cnn1-c1ccccc1. The van der Waals surface area contributed by atoms with Gasteiger partial charge in [0.05, 0.1) is 18.5 Å². The molecule has 0 aliphatic heterocycles. The predicted molar refractivity (Wildman–Crippen MR) is 93.9 cm³/mol. The minimum atomic E-state index is -0.455. The van der Waals surface area contributed by atoms with Crippen molar-refractivity contribution < 1.29 is 9.53 Å². The first-order chi connectivity index (χ1) is 11.2. The molecular weight excluding hydrogens is 312 g/mol. The van der Waals surface area contributed by atoms with E-state index in [9.17, 15) is 4.79 Å². The summed E-state index contributed by atoms with van der Waals surface area (Å²) in [5.41, 5.74) is 1.12. The Hall–Kier alpha value is -2.67. The summed E-state index contributed by atoms with van der Waals surface area (Å²) in [6.45, 7) is 6.18. The highest BCUT2D eigenvalue weighted by atomic mass is 32.1. The molecule has 0 spiro atoms. The Labute approximate surface area is 140 Å². The number of benzene rings is 1. The van der Waals surface area contributed by atoms with Crippen LogP contribution in [-0.2, 0) is 4.74 Å². The zero-order valence-electron chi connectivity index (χ0n) is 12.8. The number of nitrogens with one attached hydrogen (secondary N) is 2. The number of hydrogen-bond acceptors (Lipinski definition) is 4. The van der Waals surface area contributed by atoms with Gasteiger partial charge in [-0.15, -0.1) is 6.58 Å². The van der Waals surface area contributed by atoms with Gasteiger partial charge in [0.1, 0.15) is 5.56 Å². The average molecular weight is 330 g/mol. The molecule has 0 aliphatic carbocycles. The Balaban J connectivity index is 2.37. The Morgan fingerprint density at radius 1 is 1.43 bits per heavy atom. The molecule has 2 aromatic rings. The Kier molecular flexibility index (Phi) is 5.87. The van der Waals surface area contributed by atoms with Crippen LogP contribution in [0.1, 0.15) is 17.3 Å². The van der Waals surface area contributed by atoms with Gasteiger partial charge in [-0.2, -0.15) is 5.10 Å². The molecule has 0 amide bonds. The molecule has 1 aromatic heterocycles. The third-order valence-corrected chi connectivity index (χ3v) is 3.15. The first-order valence-corrected chi connectivity index (χ1v) is 7.54. The van der Waals surface area contributed by atoms with Gasteiger partial charge in [0, 0.05) is 6.54 Å². The number of thiocarbonyl (C=S) groups is 1. The van der Waals surface area contributed by atoms with Crippen molar-refractivity contribution in [2.75, 3.05) is 18.5 Å². The fourth-order valence-electron chi connectivity index (χ4n) is 1.91. The maximum Gasteiger partial charge on any atom is 0.343 e. The van der Waals surface area contributed by atoms with Crippen LogP contribution >= 0.6 is 12.2 Å². The van der Waals surface area contributed by atoms with Crippen LogP contribution in [0.2, 0.25) is 0 Å². The predicted octanol–water partition coefficient (Wildman–Crippen LogP) is 2.52. The van der Waals surface area contributed by atoms with Crippen molar-refractivity contribution in [1.29, 1.82) is 0 Å². The molecule has 120 valence electrons. The molecule has 0 saturated heterocycles. The first-order valence-electron chi connectivity index (χ1n) is 7.13. The largest absolute Gasteiger partial charge is 0.462 e. The van der Waals surface area contributed by atoms with Gasteiger partial charge in [0.25, 0.3) is 0 Å². The maximum absolute atomic E-state index is 12.1. The third-order valence-electron chi connectivity index (χ3n) is 2.90. The lowest BCUT2D eigenvalue weighted by Gasteiger charge is -2.13. The van der Waals surface area contributed by atoms with Crippen LogP contribution in [0.5, 0.6) is 0 Å². The van der Waals surface area contributed by atoms with Gasteiger partial charge in [-0.25, -0.2) is 9.48 Å². The number of para-hydroxylation sites is 1. The van der Waals surface area contributed by atoms with E-state index in [4.69, 9.17) is 17.0 Å². The second kappa shape index (κ2) is 8.09. The fraction of sp³-hybridized carbons (Fsp3) is 0.188. The number of carbonyl (C=O) groups excluding carboxylic acids is 1. The Morgan fingerprint density at radius 3 is 2.83 bits per heavy atom. The molecule has 0 unspecified atom stereocenters. The minimum Gasteiger partial charge on any atom is -0.462 e. The number of hydrogen-bond donors (Lipinski definition) is 2. The van der Waals surface area contributed by atoms with Crippen molar-refractivity contribution in [2.24, 2.45) is 0 Å². The van der Waals surface area contributed by atoms with Crippen molar-refractivity contribution in [3.8, 4) is 5.69 Å². The number of nitrogens with zero attached hydrogens (tertiary/aromatic N) is 2. The first kappa shape index (κ1) is 16.7. The summed E-state index contributed by atoms with van der Waals surface area (Å²) >= 11 is 5.22. The topological polar surface area (TPSA) is 68.2 Å². The smallest absolute Gasteiger partial charge is 0.343 e. The fourth-order valence-corrected chi connectivity index (χ4v) is 2.09. The second-order valence-corrected chi connectivity index (χ2v) is 4.91. The van der Waals surface area contributed by atoms with Gasteiger partial charge in [-0.3, -0.25) is 0 Å². The van der Waals surface area contributed by atoms with Crippen LogP contribution in [0.4, 0.5) is 5.82 Å². The lowest BCUT2D eigenvalue weighted by molar-refractivity contribution is 0.0527. The molecule has 2 rings (SSSR count). The maximum atomic E-state index is 12.1. The number of esters is 1. The molecule has 0 radical (unpaired) electrons. The van der Waals surface area contributed by atoms with Crippen LogP contribution in [0, 0.1) is 0 Å². The van der Waals surface area contributed by atoms with Crippen LogP contribution in [0.25, 0.3) is 5.69 Å². The highest BCUT2D eigenvalue weighted by Crippen LogP contribution is 2.21. The van der Waals surface area contributed by atoms with Crippen molar-refractivity contribution in [2.45, 2.75) is 6.92 Å². The summed E-state index contributed by atoms with van der Waals surface area (Å²) < 4.78 is 6.67. The number of aromatic nitrogens is 2. The van der Waals surface area contributed by atoms with E-state index in [2.05, 4.69) is 22.3 Å². The van der Waals surface area contributed by atoms with Gasteiger partial charge >= 0.3 is 5.97 Å². The Bertz CT molecular complexity index is 697. The van der Waals surface area contributed by atoms with Crippen molar-refractivity contribution in [1.82, 2.24) is 15.1 Å². The molecule has 0 bridgehead atoms. The number of carbonyl (C=O) groups is 1. The molecule has 2 N–H and O–H groups in total. The Morgan fingerprint density at radius 2 is 2.17 bits per heavy atom. The molecule has 1 aromatic carbocycles. The molecule has 0 atom stereocenters. The van der Waals surface area contributed by atoms with E-state index in [1.54, 1.807) is 17.7 Å². The summed E-state index contributed by atoms with van der Waals surface area (Å²) in [4.78, 5) is 12.1. The summed E-state index contributed by atoms with van der Waals surface area (Å²) in [5.74, 6) is -0.0000796. The monoisotopic (exact) mass is 330 g/mol. The molecule has 0 saturated carbocycles. The van der Waals surface area contributed by atoms with E-state index in [1.807, 2.05) is 30.3 Å². The van der Waals surface area contributed by atoms with E-state index in [1.165, 1.54) is 6.20 Å². The van der Waals surface area contributed by atoms with Crippen LogP contribution in [-0.4, -0.2) is 34.0 Å². The molecule has 7 heteroatoms. The molecule has 6 nitrogen and oxygen atoms in total. The number of anilines is 1. The summed E-state index contributed by atoms with van der Waals surface area (Å²) in [7, 11) is 0. The summed E-state index contributed by atoms with van der Waals surface area (Å²) in [6, 6.07) is 9.45. The van der Waals surface area contributed by atoms with Crippen LogP contribution in [0.3, 0.4) is 0 Å². The van der Waals surface area contributed by atoms with Crippen molar-refractivity contribution in [3.05, 3.63) is 54.7 Å². The highest BCUT2D eigenvalue weighted by Gasteiger charge is 2.20. The second-order valence-electron chi connectivity index (χ2n) is 4.50. The molecule has 23 heavy (non-hydrogen) atoms. The lowest BCUT2D eigenvalue weighted by Crippen LogP contribution is -2.30. The third kappa shape index (κ3) is 4.17. The zero-order valence-corrected chi connectivity index (χ0v) is 13.6. The van der Waals surface area contributed by atoms with Crippen LogP contribution < -0.4 is 10.6 Å². The summed E-state index contributed by atoms with van der Waals surface area (Å²) in [6.07, 6.45) is 3.15. The van der Waals surface area contributed by atoms with Gasteiger partial charge in [-0.05, 0) is 31.3 Å². The quantitative estimate of drug-likeness (QED) is 0.482. The molecule has 0 aliphatic rings. The number of ether oxygens (including phenoxy) is 1. The van der Waals surface area contributed by atoms with Gasteiger partial charge in [0.15, 0.2) is 10.9 Å². The molecule has 1 heterocycles. The number of rotatable bonds is 6. The standard InChI is InChI=1S/C16H18N4O2S/c1-3-10-17-16(23)19-14-13(15(21)22-4-2)11-18-20(14)12-8-6-5-7-9-12/h3,5-9,11H,1,4,10H2,2H3,(H2,17,19,23). The van der Waals surface area contributed by atoms with E-state index >= 15 is 0 Å². The highest BCUT2D eigenvalue weighted by molar-refractivity contribution is 7.80. The normalized spacial score (nSPS) is 9.96. The van der Waals surface area contributed by atoms with Crippen molar-refractivity contribution >= 4 is 29.1 Å². The van der Waals surface area contributed by atoms with E-state index in [0.717, 1.165) is 5.69 Å². The molecular formula is C16H18N4O2S. The lowest BCUT2D eigenvalue weighted by atomic mass is 10.3. The molecule has 0 fully saturated rings. The van der Waals surface area contributed by atoms with E-state index < -0.39 is 5.97 Å². The van der Waals surface area contributed by atoms with Crippen LogP contribution in [0.15, 0.2) is 49.2 Å². The van der Waals surface area contributed by atoms with Crippen molar-refractivity contribution in [3.63, 3.8) is 0 Å². The van der Waals surface area contributed by atoms with Gasteiger partial charge < -0.3 is 15.4 Å². The van der Waals surface area contributed by atoms with E-state index in [0.29, 0.717) is 23.0 Å². The van der Waals surface area contributed by atoms with E-state index in [-0.39, 0.29) is 6.61 Å². The van der Waals surface area contributed by atoms with Gasteiger partial charge in [-0.1, -0.05) is 24.3 Å². The zero-order chi connectivity index (χ0) is 16.7.